The van der Waals surface area contributed by atoms with E-state index in [0.717, 1.165) is 55.3 Å². The van der Waals surface area contributed by atoms with Crippen LogP contribution in [0, 0.1) is 41.5 Å². The van der Waals surface area contributed by atoms with Crippen LogP contribution in [-0.4, -0.2) is 49.9 Å². The van der Waals surface area contributed by atoms with E-state index in [-0.39, 0.29) is 41.8 Å². The number of furan rings is 2. The van der Waals surface area contributed by atoms with E-state index in [4.69, 9.17) is 27.7 Å². The molecule has 2 N–H and O–H groups in total. The van der Waals surface area contributed by atoms with Crippen LogP contribution in [0.1, 0.15) is 54.1 Å². The molecule has 0 saturated heterocycles. The number of fused-ring (bicyclic) bond motifs is 2. The molecule has 4 heterocycles. The van der Waals surface area contributed by atoms with E-state index in [0.29, 0.717) is 45.8 Å². The molecule has 14 heteroatoms. The molecular weight excluding hydrogens is 699 g/mol. The predicted octanol–water partition coefficient (Wildman–Crippen LogP) is 6.46. The molecule has 55 heavy (non-hydrogen) atoms. The number of rotatable bonds is 6. The molecule has 4 aromatic heterocycles. The van der Waals surface area contributed by atoms with E-state index < -0.39 is 5.97 Å². The second-order valence-electron chi connectivity index (χ2n) is 12.8. The first-order valence-corrected chi connectivity index (χ1v) is 16.6. The first kappa shape index (κ1) is 39.9. The van der Waals surface area contributed by atoms with Crippen molar-refractivity contribution in [3.63, 3.8) is 0 Å². The molecule has 0 unspecified atom stereocenters. The quantitative estimate of drug-likeness (QED) is 0.144. The van der Waals surface area contributed by atoms with Gasteiger partial charge in [-0.2, -0.15) is 9.97 Å². The first-order chi connectivity index (χ1) is 25.4. The normalized spacial score (nSPS) is 10.7. The third-order valence-corrected chi connectivity index (χ3v) is 9.08. The number of nitrogens with zero attached hydrogens (tertiary/aromatic N) is 4. The number of carbonyl (C=O) groups excluding carboxylic acids is 1. The molecule has 0 atom stereocenters. The Morgan fingerprint density at radius 2 is 1.00 bits per heavy atom. The van der Waals surface area contributed by atoms with Crippen LogP contribution >= 0.6 is 0 Å². The molecule has 0 radical (unpaired) electrons. The Bertz CT molecular complexity index is 2630. The predicted molar refractivity (Wildman–Crippen MR) is 199 cm³/mol. The van der Waals surface area contributed by atoms with Crippen LogP contribution in [0.3, 0.4) is 0 Å². The molecule has 8 rings (SSSR count). The summed E-state index contributed by atoms with van der Waals surface area (Å²) in [7, 11) is 1.36. The van der Waals surface area contributed by atoms with Crippen molar-refractivity contribution < 1.29 is 61.6 Å². The monoisotopic (exact) mass is 734 g/mol. The summed E-state index contributed by atoms with van der Waals surface area (Å²) in [4.78, 5) is 31.7. The van der Waals surface area contributed by atoms with Gasteiger partial charge in [-0.3, -0.25) is 0 Å². The van der Waals surface area contributed by atoms with Gasteiger partial charge in [-0.1, -0.05) is 46.7 Å². The van der Waals surface area contributed by atoms with Gasteiger partial charge in [-0.05, 0) is 111 Å². The average Bonchev–Trinajstić information content (AvgIpc) is 3.97. The van der Waals surface area contributed by atoms with Crippen molar-refractivity contribution in [1.29, 1.82) is 0 Å². The van der Waals surface area contributed by atoms with Gasteiger partial charge in [0.15, 0.2) is 11.5 Å². The topological polar surface area (TPSA) is 198 Å². The van der Waals surface area contributed by atoms with Gasteiger partial charge in [0.2, 0.25) is 11.6 Å². The van der Waals surface area contributed by atoms with Crippen molar-refractivity contribution in [3.05, 3.63) is 117 Å². The summed E-state index contributed by atoms with van der Waals surface area (Å²) in [6.07, 6.45) is 0. The van der Waals surface area contributed by atoms with Crippen LogP contribution < -0.4 is 18.9 Å². The number of benzene rings is 4. The van der Waals surface area contributed by atoms with Crippen LogP contribution in [-0.2, 0) is 4.74 Å². The van der Waals surface area contributed by atoms with Crippen molar-refractivity contribution in [1.82, 2.24) is 20.3 Å². The second kappa shape index (κ2) is 16.0. The van der Waals surface area contributed by atoms with Crippen molar-refractivity contribution >= 4 is 33.9 Å². The molecule has 0 aliphatic rings. The SMILES string of the molecule is COC(=O)c1ccc(-c2noc(-c3cc4c(C)ccc(C)c4o3)n2)cc1C.Cc1cc(-c2noc(-c3cc4c(C)ccc(C)c4o3)n2)ccc1C(=O)O.[Li+].[OH-]. The third kappa shape index (κ3) is 7.72. The Balaban J connectivity index is 0.000000204. The van der Waals surface area contributed by atoms with Gasteiger partial charge >= 0.3 is 30.8 Å². The van der Waals surface area contributed by atoms with Gasteiger partial charge in [0.05, 0.1) is 18.2 Å². The smallest absolute Gasteiger partial charge is 0.870 e. The summed E-state index contributed by atoms with van der Waals surface area (Å²) < 4.78 is 27.4. The maximum absolute atomic E-state index is 11.7. The standard InChI is InChI=1S/C21H18N2O4.C20H16N2O4.Li.H2O/c1-11-5-6-12(2)18-16(11)10-17(26-18)20-22-19(23-27-20)14-7-8-15(13(3)9-14)21(24)25-4;1-10-4-5-11(2)17-15(10)9-16(25-17)19-21-18(22-26-19)13-6-7-14(20(23)24)12(3)8-13;;/h5-10H,1-4H3;4-9H,1-3H3,(H,23,24);;1H2/q;;+1;/p-1. The third-order valence-electron chi connectivity index (χ3n) is 9.08. The minimum absolute atomic E-state index is 0. The van der Waals surface area contributed by atoms with E-state index in [1.54, 1.807) is 31.2 Å². The van der Waals surface area contributed by atoms with E-state index in [1.165, 1.54) is 13.2 Å². The van der Waals surface area contributed by atoms with Crippen LogP contribution in [0.2, 0.25) is 0 Å². The number of methoxy groups -OCH3 is 1. The van der Waals surface area contributed by atoms with E-state index >= 15 is 0 Å². The fourth-order valence-corrected chi connectivity index (χ4v) is 6.06. The Morgan fingerprint density at radius 3 is 1.38 bits per heavy atom. The van der Waals surface area contributed by atoms with Gasteiger partial charge in [-0.15, -0.1) is 0 Å². The van der Waals surface area contributed by atoms with Gasteiger partial charge in [0, 0.05) is 21.9 Å². The maximum atomic E-state index is 11.7. The van der Waals surface area contributed by atoms with Crippen LogP contribution in [0.15, 0.2) is 90.7 Å². The largest absolute Gasteiger partial charge is 1.00 e. The maximum Gasteiger partial charge on any atom is 1.00 e. The average molecular weight is 735 g/mol. The molecule has 0 aliphatic carbocycles. The zero-order chi connectivity index (χ0) is 37.6. The van der Waals surface area contributed by atoms with Crippen molar-refractivity contribution in [2.75, 3.05) is 7.11 Å². The van der Waals surface area contributed by atoms with Crippen molar-refractivity contribution in [2.45, 2.75) is 41.5 Å². The number of carbonyl (C=O) groups is 2. The van der Waals surface area contributed by atoms with E-state index in [2.05, 4.69) is 26.3 Å². The van der Waals surface area contributed by atoms with Crippen LogP contribution in [0.4, 0.5) is 0 Å². The van der Waals surface area contributed by atoms with Crippen LogP contribution in [0.25, 0.3) is 68.0 Å². The summed E-state index contributed by atoms with van der Waals surface area (Å²) in [5, 5.41) is 19.2. The van der Waals surface area contributed by atoms with Gasteiger partial charge in [0.25, 0.3) is 11.8 Å². The fraction of sp³-hybridized carbons (Fsp3) is 0.171. The molecule has 13 nitrogen and oxygen atoms in total. The zero-order valence-corrected chi connectivity index (χ0v) is 31.5. The Morgan fingerprint density at radius 1 is 0.582 bits per heavy atom. The molecule has 0 saturated carbocycles. The number of hydrogen-bond donors (Lipinski definition) is 1. The summed E-state index contributed by atoms with van der Waals surface area (Å²) in [6, 6.07) is 22.2. The van der Waals surface area contributed by atoms with E-state index in [1.807, 2.05) is 71.0 Å². The number of aromatic carboxylic acids is 1. The number of carboxylic acids is 1. The number of hydrogen-bond acceptors (Lipinski definition) is 12. The fourth-order valence-electron chi connectivity index (χ4n) is 6.06. The van der Waals surface area contributed by atoms with Gasteiger partial charge < -0.3 is 33.2 Å². The zero-order valence-electron chi connectivity index (χ0n) is 31.5. The molecule has 8 aromatic rings. The van der Waals surface area contributed by atoms with Crippen LogP contribution in [0.5, 0.6) is 0 Å². The number of carboxylic acid groups (broad SMARTS) is 1. The number of esters is 1. The molecule has 0 bridgehead atoms. The van der Waals surface area contributed by atoms with E-state index in [9.17, 15) is 9.59 Å². The molecular formula is C41H35LiN4O9. The Labute approximate surface area is 326 Å². The molecule has 274 valence electrons. The molecule has 4 aromatic carbocycles. The summed E-state index contributed by atoms with van der Waals surface area (Å²) in [5.41, 5.74) is 9.56. The Hall–Kier alpha value is -6.26. The number of ether oxygens (including phenoxy) is 1. The Kier molecular flexibility index (Phi) is 11.6. The summed E-state index contributed by atoms with van der Waals surface area (Å²) in [5.74, 6) is 1.12. The number of aryl methyl sites for hydroxylation is 6. The van der Waals surface area contributed by atoms with Crippen molar-refractivity contribution in [2.24, 2.45) is 0 Å². The molecule has 0 spiro atoms. The molecule has 0 aliphatic heterocycles. The summed E-state index contributed by atoms with van der Waals surface area (Å²) in [6.45, 7) is 11.6. The summed E-state index contributed by atoms with van der Waals surface area (Å²) >= 11 is 0. The second-order valence-corrected chi connectivity index (χ2v) is 12.8. The van der Waals surface area contributed by atoms with Crippen molar-refractivity contribution in [3.8, 4) is 46.1 Å². The van der Waals surface area contributed by atoms with Gasteiger partial charge in [-0.25, -0.2) is 9.59 Å². The van der Waals surface area contributed by atoms with Gasteiger partial charge in [0.1, 0.15) is 11.2 Å². The minimum atomic E-state index is -0.962. The molecule has 0 amide bonds. The number of aromatic nitrogens is 4. The first-order valence-electron chi connectivity index (χ1n) is 16.6. The molecule has 0 fully saturated rings. The minimum Gasteiger partial charge on any atom is -0.870 e.